The second kappa shape index (κ2) is 2.66. The van der Waals surface area contributed by atoms with Crippen LogP contribution < -0.4 is 5.46 Å². The molecule has 56 valence electrons. The third kappa shape index (κ3) is 1.16. The molecule has 2 nitrogen and oxygen atoms in total. The topological polar surface area (TPSA) is 22.1 Å². The second-order valence-corrected chi connectivity index (χ2v) is 2.88. The summed E-state index contributed by atoms with van der Waals surface area (Å²) in [6.45, 7) is 0.909. The number of hydrogen-bond acceptors (Lipinski definition) is 2. The Kier molecular flexibility index (Phi) is 1.66. The van der Waals surface area contributed by atoms with Crippen molar-refractivity contribution in [1.29, 1.82) is 0 Å². The Morgan fingerprint density at radius 3 is 3.00 bits per heavy atom. The summed E-state index contributed by atoms with van der Waals surface area (Å²) in [5, 5.41) is 0. The number of nitrogens with zero attached hydrogens (tertiary/aromatic N) is 1. The normalized spacial score (nSPS) is 22.7. The lowest BCUT2D eigenvalue weighted by Gasteiger charge is -2.27. The number of hydrogen-bond donors (Lipinski definition) is 0. The molecule has 1 atom stereocenters. The molecule has 11 heavy (non-hydrogen) atoms. The lowest BCUT2D eigenvalue weighted by molar-refractivity contribution is -0.0521. The molecule has 1 aromatic rings. The van der Waals surface area contributed by atoms with Crippen LogP contribution in [0, 0.1) is 0 Å². The maximum absolute atomic E-state index is 5.37. The van der Waals surface area contributed by atoms with E-state index in [0.717, 1.165) is 13.0 Å². The van der Waals surface area contributed by atoms with Gasteiger partial charge in [-0.05, 0) is 11.6 Å². The van der Waals surface area contributed by atoms with E-state index in [-0.39, 0.29) is 0 Å². The third-order valence-electron chi connectivity index (χ3n) is 2.11. The van der Waals surface area contributed by atoms with E-state index in [4.69, 9.17) is 4.74 Å². The fourth-order valence-corrected chi connectivity index (χ4v) is 1.33. The van der Waals surface area contributed by atoms with E-state index in [9.17, 15) is 0 Å². The third-order valence-corrected chi connectivity index (χ3v) is 2.11. The number of pyridine rings is 1. The lowest BCUT2D eigenvalue weighted by atomic mass is 9.88. The molecule has 1 aromatic heterocycles. The van der Waals surface area contributed by atoms with Crippen LogP contribution in [0.5, 0.6) is 0 Å². The molecule has 0 aromatic carbocycles. The van der Waals surface area contributed by atoms with Gasteiger partial charge >= 0.3 is 0 Å². The van der Waals surface area contributed by atoms with E-state index in [1.165, 1.54) is 11.0 Å². The molecule has 0 radical (unpaired) electrons. The predicted octanol–water partition coefficient (Wildman–Crippen LogP) is -0.199. The highest BCUT2D eigenvalue weighted by Gasteiger charge is 2.20. The van der Waals surface area contributed by atoms with Crippen molar-refractivity contribution in [2.45, 2.75) is 12.5 Å². The fraction of sp³-hybridized carbons (Fsp3) is 0.375. The summed E-state index contributed by atoms with van der Waals surface area (Å²) in [5.74, 6) is 0. The summed E-state index contributed by atoms with van der Waals surface area (Å²) in [5.41, 5.74) is 2.53. The Morgan fingerprint density at radius 1 is 1.64 bits per heavy atom. The van der Waals surface area contributed by atoms with Gasteiger partial charge in [-0.25, -0.2) is 0 Å². The molecule has 1 saturated heterocycles. The van der Waals surface area contributed by atoms with E-state index >= 15 is 0 Å². The number of rotatable bonds is 1. The Balaban J connectivity index is 2.28. The van der Waals surface area contributed by atoms with Crippen molar-refractivity contribution in [3.05, 3.63) is 24.0 Å². The summed E-state index contributed by atoms with van der Waals surface area (Å²) in [6, 6.07) is 2.04. The molecule has 1 aliphatic rings. The minimum absolute atomic E-state index is 0.345. The van der Waals surface area contributed by atoms with Crippen LogP contribution in [0.15, 0.2) is 18.5 Å². The van der Waals surface area contributed by atoms with E-state index in [1.807, 2.05) is 18.5 Å². The van der Waals surface area contributed by atoms with Crippen LogP contribution >= 0.6 is 0 Å². The number of aromatic nitrogens is 1. The molecule has 0 aliphatic carbocycles. The SMILES string of the molecule is Bc1cnccc1C1CCO1. The van der Waals surface area contributed by atoms with Gasteiger partial charge in [0, 0.05) is 18.8 Å². The summed E-state index contributed by atoms with van der Waals surface area (Å²) in [6.07, 6.45) is 5.21. The first-order valence-electron chi connectivity index (χ1n) is 3.90. The van der Waals surface area contributed by atoms with E-state index < -0.39 is 0 Å². The van der Waals surface area contributed by atoms with Crippen molar-refractivity contribution in [2.24, 2.45) is 0 Å². The van der Waals surface area contributed by atoms with E-state index in [0.29, 0.717) is 6.10 Å². The van der Waals surface area contributed by atoms with Gasteiger partial charge < -0.3 is 4.74 Å². The van der Waals surface area contributed by atoms with E-state index in [1.54, 1.807) is 0 Å². The highest BCUT2D eigenvalue weighted by atomic mass is 16.5. The molecule has 2 rings (SSSR count). The second-order valence-electron chi connectivity index (χ2n) is 2.88. The van der Waals surface area contributed by atoms with Crippen LogP contribution in [0.4, 0.5) is 0 Å². The van der Waals surface area contributed by atoms with Gasteiger partial charge in [-0.3, -0.25) is 4.98 Å². The average Bonchev–Trinajstić information content (AvgIpc) is 1.90. The molecule has 0 N–H and O–H groups in total. The average molecular weight is 147 g/mol. The van der Waals surface area contributed by atoms with Crippen molar-refractivity contribution >= 4 is 13.3 Å². The minimum atomic E-state index is 0.345. The summed E-state index contributed by atoms with van der Waals surface area (Å²) in [7, 11) is 2.07. The van der Waals surface area contributed by atoms with Crippen molar-refractivity contribution < 1.29 is 4.74 Å². The highest BCUT2D eigenvalue weighted by Crippen LogP contribution is 2.26. The fourth-order valence-electron chi connectivity index (χ4n) is 1.33. The van der Waals surface area contributed by atoms with Crippen molar-refractivity contribution in [3.8, 4) is 0 Å². The van der Waals surface area contributed by atoms with Gasteiger partial charge in [-0.2, -0.15) is 0 Å². The smallest absolute Gasteiger partial charge is 0.141 e. The molecule has 1 unspecified atom stereocenters. The van der Waals surface area contributed by atoms with Crippen molar-refractivity contribution in [1.82, 2.24) is 4.98 Å². The molecular formula is C8H10BNO. The van der Waals surface area contributed by atoms with Crippen LogP contribution in [0.25, 0.3) is 0 Å². The standard InChI is InChI=1S/C8H10BNO/c9-7-5-10-3-1-6(7)8-2-4-11-8/h1,3,5,8H,2,4,9H2. The summed E-state index contributed by atoms with van der Waals surface area (Å²) < 4.78 is 5.37. The van der Waals surface area contributed by atoms with E-state index in [2.05, 4.69) is 12.8 Å². The molecule has 0 bridgehead atoms. The first kappa shape index (κ1) is 6.86. The predicted molar refractivity (Wildman–Crippen MR) is 45.7 cm³/mol. The van der Waals surface area contributed by atoms with Crippen LogP contribution in [0.1, 0.15) is 18.1 Å². The molecule has 0 amide bonds. The monoisotopic (exact) mass is 147 g/mol. The van der Waals surface area contributed by atoms with Gasteiger partial charge in [0.1, 0.15) is 7.85 Å². The van der Waals surface area contributed by atoms with Crippen LogP contribution in [-0.4, -0.2) is 19.4 Å². The largest absolute Gasteiger partial charge is 0.373 e. The zero-order valence-electron chi connectivity index (χ0n) is 6.58. The maximum atomic E-state index is 5.37. The minimum Gasteiger partial charge on any atom is -0.373 e. The van der Waals surface area contributed by atoms with Gasteiger partial charge in [0.15, 0.2) is 0 Å². The van der Waals surface area contributed by atoms with Crippen LogP contribution in [0.2, 0.25) is 0 Å². The van der Waals surface area contributed by atoms with Crippen LogP contribution in [-0.2, 0) is 4.74 Å². The maximum Gasteiger partial charge on any atom is 0.141 e. The zero-order chi connectivity index (χ0) is 7.68. The quantitative estimate of drug-likeness (QED) is 0.513. The van der Waals surface area contributed by atoms with Gasteiger partial charge in [-0.15, -0.1) is 0 Å². The summed E-state index contributed by atoms with van der Waals surface area (Å²) in [4.78, 5) is 4.03. The molecule has 3 heteroatoms. The Bertz CT molecular complexity index is 260. The molecule has 2 heterocycles. The van der Waals surface area contributed by atoms with Crippen molar-refractivity contribution in [2.75, 3.05) is 6.61 Å². The Hall–Kier alpha value is -0.825. The molecule has 1 aliphatic heterocycles. The van der Waals surface area contributed by atoms with Crippen LogP contribution in [0.3, 0.4) is 0 Å². The Morgan fingerprint density at radius 2 is 2.45 bits per heavy atom. The molecule has 0 spiro atoms. The van der Waals surface area contributed by atoms with Gasteiger partial charge in [0.25, 0.3) is 0 Å². The summed E-state index contributed by atoms with van der Waals surface area (Å²) >= 11 is 0. The zero-order valence-corrected chi connectivity index (χ0v) is 6.58. The highest BCUT2D eigenvalue weighted by molar-refractivity contribution is 6.33. The van der Waals surface area contributed by atoms with Crippen molar-refractivity contribution in [3.63, 3.8) is 0 Å². The van der Waals surface area contributed by atoms with Gasteiger partial charge in [0.05, 0.1) is 12.7 Å². The molecular weight excluding hydrogens is 137 g/mol. The van der Waals surface area contributed by atoms with Gasteiger partial charge in [0.2, 0.25) is 0 Å². The number of ether oxygens (including phenoxy) is 1. The Labute approximate surface area is 67.0 Å². The first-order valence-corrected chi connectivity index (χ1v) is 3.90. The van der Waals surface area contributed by atoms with Gasteiger partial charge in [-0.1, -0.05) is 5.46 Å². The first-order chi connectivity index (χ1) is 5.38. The molecule has 1 fully saturated rings. The lowest BCUT2D eigenvalue weighted by Crippen LogP contribution is -2.24. The molecule has 0 saturated carbocycles.